The summed E-state index contributed by atoms with van der Waals surface area (Å²) in [6.07, 6.45) is 3.40. The van der Waals surface area contributed by atoms with Gasteiger partial charge in [0.1, 0.15) is 10.0 Å². The third kappa shape index (κ3) is 4.20. The molecule has 9 heteroatoms. The van der Waals surface area contributed by atoms with Crippen LogP contribution in [0.5, 0.6) is 0 Å². The highest BCUT2D eigenvalue weighted by Gasteiger charge is 2.30. The lowest BCUT2D eigenvalue weighted by Crippen LogP contribution is -2.51. The average Bonchev–Trinajstić information content (AvgIpc) is 3.32. The van der Waals surface area contributed by atoms with Gasteiger partial charge in [-0.1, -0.05) is 11.6 Å². The van der Waals surface area contributed by atoms with Crippen LogP contribution in [0, 0.1) is 0 Å². The summed E-state index contributed by atoms with van der Waals surface area (Å²) in [4.78, 5) is 17.7. The topological polar surface area (TPSA) is 82.6 Å². The van der Waals surface area contributed by atoms with Crippen LogP contribution in [0.15, 0.2) is 23.2 Å². The van der Waals surface area contributed by atoms with Crippen molar-refractivity contribution in [2.75, 3.05) is 32.7 Å². The first kappa shape index (κ1) is 16.6. The van der Waals surface area contributed by atoms with Crippen molar-refractivity contribution in [2.24, 2.45) is 0 Å². The number of rotatable bonds is 5. The van der Waals surface area contributed by atoms with E-state index < -0.39 is 10.0 Å². The van der Waals surface area contributed by atoms with Crippen LogP contribution in [0.3, 0.4) is 0 Å². The van der Waals surface area contributed by atoms with Crippen LogP contribution in [0.25, 0.3) is 0 Å². The first-order valence-corrected chi connectivity index (χ1v) is 9.40. The number of aromatic nitrogens is 1. The van der Waals surface area contributed by atoms with Crippen LogP contribution in [-0.4, -0.2) is 67.3 Å². The van der Waals surface area contributed by atoms with E-state index in [4.69, 9.17) is 11.6 Å². The third-order valence-electron chi connectivity index (χ3n) is 3.98. The molecule has 1 aliphatic heterocycles. The maximum atomic E-state index is 12.5. The number of piperazine rings is 1. The number of halogens is 1. The molecule has 2 aliphatic rings. The number of hydrogen-bond acceptors (Lipinski definition) is 5. The predicted molar refractivity (Wildman–Crippen MR) is 85.6 cm³/mol. The summed E-state index contributed by atoms with van der Waals surface area (Å²) in [5.74, 6) is 0.0192. The largest absolute Gasteiger partial charge is 0.352 e. The van der Waals surface area contributed by atoms with Gasteiger partial charge in [-0.3, -0.25) is 9.69 Å². The fraction of sp³-hybridized carbons (Fsp3) is 0.571. The van der Waals surface area contributed by atoms with E-state index in [9.17, 15) is 13.2 Å². The minimum atomic E-state index is -3.55. The van der Waals surface area contributed by atoms with Crippen LogP contribution >= 0.6 is 11.6 Å². The smallest absolute Gasteiger partial charge is 0.244 e. The van der Waals surface area contributed by atoms with Gasteiger partial charge in [0, 0.05) is 38.4 Å². The second kappa shape index (κ2) is 6.72. The molecule has 0 radical (unpaired) electrons. The molecule has 126 valence electrons. The fourth-order valence-electron chi connectivity index (χ4n) is 2.50. The molecule has 3 rings (SSSR count). The number of hydrogen-bond donors (Lipinski definition) is 1. The summed E-state index contributed by atoms with van der Waals surface area (Å²) in [5, 5.41) is 3.20. The van der Waals surface area contributed by atoms with Gasteiger partial charge in [0.15, 0.2) is 0 Å². The Kier molecular flexibility index (Phi) is 4.86. The summed E-state index contributed by atoms with van der Waals surface area (Å²) in [7, 11) is -3.55. The molecule has 1 aromatic rings. The number of amides is 1. The monoisotopic (exact) mass is 358 g/mol. The van der Waals surface area contributed by atoms with E-state index in [0.29, 0.717) is 38.8 Å². The van der Waals surface area contributed by atoms with Crippen molar-refractivity contribution in [1.82, 2.24) is 19.5 Å². The van der Waals surface area contributed by atoms with Crippen molar-refractivity contribution in [2.45, 2.75) is 23.8 Å². The highest BCUT2D eigenvalue weighted by Crippen LogP contribution is 2.19. The molecule has 7 nitrogen and oxygen atoms in total. The minimum Gasteiger partial charge on any atom is -0.352 e. The molecular formula is C14H19ClN4O3S. The van der Waals surface area contributed by atoms with Gasteiger partial charge in [0.05, 0.1) is 6.54 Å². The maximum Gasteiger partial charge on any atom is 0.244 e. The summed E-state index contributed by atoms with van der Waals surface area (Å²) in [5.41, 5.74) is 0. The van der Waals surface area contributed by atoms with Gasteiger partial charge >= 0.3 is 0 Å². The van der Waals surface area contributed by atoms with E-state index >= 15 is 0 Å². The molecule has 0 bridgehead atoms. The van der Waals surface area contributed by atoms with E-state index in [1.807, 2.05) is 4.90 Å². The third-order valence-corrected chi connectivity index (χ3v) is 6.08. The van der Waals surface area contributed by atoms with E-state index in [-0.39, 0.29) is 16.0 Å². The molecule has 0 atom stereocenters. The van der Waals surface area contributed by atoms with Crippen LogP contribution in [0.1, 0.15) is 12.8 Å². The second-order valence-electron chi connectivity index (χ2n) is 5.84. The molecule has 1 saturated heterocycles. The van der Waals surface area contributed by atoms with E-state index in [1.54, 1.807) is 0 Å². The Labute approximate surface area is 140 Å². The van der Waals surface area contributed by atoms with Gasteiger partial charge in [0.25, 0.3) is 0 Å². The summed E-state index contributed by atoms with van der Waals surface area (Å²) >= 11 is 5.69. The lowest BCUT2D eigenvalue weighted by molar-refractivity contribution is -0.122. The Balaban J connectivity index is 1.55. The Morgan fingerprint density at radius 1 is 1.26 bits per heavy atom. The van der Waals surface area contributed by atoms with Gasteiger partial charge < -0.3 is 5.32 Å². The molecule has 23 heavy (non-hydrogen) atoms. The average molecular weight is 359 g/mol. The highest BCUT2D eigenvalue weighted by molar-refractivity contribution is 7.89. The molecule has 2 heterocycles. The number of sulfonamides is 1. The first-order chi connectivity index (χ1) is 10.9. The standard InChI is InChI=1S/C14H19ClN4O3S/c15-13-4-3-12(9-16-13)23(21,22)19-7-5-18(6-8-19)10-14(20)17-11-1-2-11/h3-4,9,11H,1-2,5-8,10H2,(H,17,20). The molecule has 0 spiro atoms. The molecule has 2 fully saturated rings. The van der Waals surface area contributed by atoms with Crippen molar-refractivity contribution in [1.29, 1.82) is 0 Å². The van der Waals surface area contributed by atoms with E-state index in [2.05, 4.69) is 10.3 Å². The van der Waals surface area contributed by atoms with Crippen molar-refractivity contribution >= 4 is 27.5 Å². The first-order valence-electron chi connectivity index (χ1n) is 7.58. The normalized spacial score (nSPS) is 20.4. The number of nitrogens with zero attached hydrogens (tertiary/aromatic N) is 3. The molecule has 1 amide bonds. The van der Waals surface area contributed by atoms with Crippen LogP contribution in [-0.2, 0) is 14.8 Å². The minimum absolute atomic E-state index is 0.0192. The van der Waals surface area contributed by atoms with Crippen LogP contribution in [0.4, 0.5) is 0 Å². The summed E-state index contributed by atoms with van der Waals surface area (Å²) in [6, 6.07) is 3.27. The number of carbonyl (C=O) groups is 1. The van der Waals surface area contributed by atoms with Crippen molar-refractivity contribution in [3.8, 4) is 0 Å². The lowest BCUT2D eigenvalue weighted by atomic mass is 10.3. The molecule has 1 saturated carbocycles. The van der Waals surface area contributed by atoms with Gasteiger partial charge in [0.2, 0.25) is 15.9 Å². The molecule has 1 aromatic heterocycles. The van der Waals surface area contributed by atoms with Crippen molar-refractivity contribution < 1.29 is 13.2 Å². The number of carbonyl (C=O) groups excluding carboxylic acids is 1. The van der Waals surface area contributed by atoms with Crippen LogP contribution < -0.4 is 5.32 Å². The number of pyridine rings is 1. The molecule has 0 unspecified atom stereocenters. The van der Waals surface area contributed by atoms with E-state index in [0.717, 1.165) is 12.8 Å². The number of nitrogens with one attached hydrogen (secondary N) is 1. The fourth-order valence-corrected chi connectivity index (χ4v) is 3.98. The zero-order valence-corrected chi connectivity index (χ0v) is 14.2. The highest BCUT2D eigenvalue weighted by atomic mass is 35.5. The van der Waals surface area contributed by atoms with Gasteiger partial charge in [-0.15, -0.1) is 0 Å². The molecule has 0 aromatic carbocycles. The zero-order valence-electron chi connectivity index (χ0n) is 12.6. The summed E-state index contributed by atoms with van der Waals surface area (Å²) < 4.78 is 26.5. The quantitative estimate of drug-likeness (QED) is 0.766. The molecular weight excluding hydrogens is 340 g/mol. The lowest BCUT2D eigenvalue weighted by Gasteiger charge is -2.33. The summed E-state index contributed by atoms with van der Waals surface area (Å²) in [6.45, 7) is 2.13. The Bertz CT molecular complexity index is 668. The van der Waals surface area contributed by atoms with Gasteiger partial charge in [-0.25, -0.2) is 13.4 Å². The predicted octanol–water partition coefficient (Wildman–Crippen LogP) is 0.320. The molecule has 1 N–H and O–H groups in total. The SMILES string of the molecule is O=C(CN1CCN(S(=O)(=O)c2ccc(Cl)nc2)CC1)NC1CC1. The van der Waals surface area contributed by atoms with Gasteiger partial charge in [-0.2, -0.15) is 4.31 Å². The van der Waals surface area contributed by atoms with Crippen LogP contribution in [0.2, 0.25) is 5.15 Å². The maximum absolute atomic E-state index is 12.5. The van der Waals surface area contributed by atoms with E-state index in [1.165, 1.54) is 22.6 Å². The Morgan fingerprint density at radius 3 is 2.52 bits per heavy atom. The van der Waals surface area contributed by atoms with Crippen molar-refractivity contribution in [3.05, 3.63) is 23.5 Å². The molecule has 1 aliphatic carbocycles. The Hall–Kier alpha value is -1.22. The van der Waals surface area contributed by atoms with Crippen molar-refractivity contribution in [3.63, 3.8) is 0 Å². The zero-order chi connectivity index (χ0) is 16.4. The Morgan fingerprint density at radius 2 is 1.96 bits per heavy atom. The van der Waals surface area contributed by atoms with Gasteiger partial charge in [-0.05, 0) is 25.0 Å². The second-order valence-corrected chi connectivity index (χ2v) is 8.16.